The number of imidazole rings is 1. The van der Waals surface area contributed by atoms with Crippen molar-refractivity contribution in [1.29, 1.82) is 5.26 Å². The van der Waals surface area contributed by atoms with E-state index in [-0.39, 0.29) is 11.9 Å². The number of aromatic amines is 1. The van der Waals surface area contributed by atoms with E-state index in [0.29, 0.717) is 18.7 Å². The summed E-state index contributed by atoms with van der Waals surface area (Å²) < 4.78 is 0.960. The maximum atomic E-state index is 12.9. The van der Waals surface area contributed by atoms with Crippen LogP contribution in [0.1, 0.15) is 22.9 Å². The minimum absolute atomic E-state index is 0.0130. The van der Waals surface area contributed by atoms with Crippen molar-refractivity contribution in [3.05, 3.63) is 82.3 Å². The van der Waals surface area contributed by atoms with Crippen LogP contribution >= 0.6 is 15.9 Å². The van der Waals surface area contributed by atoms with Gasteiger partial charge in [-0.05, 0) is 42.3 Å². The highest BCUT2D eigenvalue weighted by Crippen LogP contribution is 2.28. The minimum Gasteiger partial charge on any atom is -0.347 e. The molecule has 0 spiro atoms. The fourth-order valence-electron chi connectivity index (χ4n) is 3.70. The van der Waals surface area contributed by atoms with Gasteiger partial charge in [0.05, 0.1) is 36.2 Å². The molecule has 1 fully saturated rings. The largest absolute Gasteiger partial charge is 0.347 e. The molecule has 7 heteroatoms. The van der Waals surface area contributed by atoms with Crippen molar-refractivity contribution in [1.82, 2.24) is 14.9 Å². The molecule has 1 aliphatic heterocycles. The fraction of sp³-hybridized carbons (Fsp3) is 0.227. The van der Waals surface area contributed by atoms with Crippen LogP contribution in [0.2, 0.25) is 0 Å². The molecular weight excluding hydrogens is 430 g/mol. The molecule has 1 aromatic heterocycles. The molecule has 1 atom stereocenters. The predicted octanol–water partition coefficient (Wildman–Crippen LogP) is 3.68. The molecule has 1 amide bonds. The molecule has 29 heavy (non-hydrogen) atoms. The van der Waals surface area contributed by atoms with Crippen LogP contribution < -0.4 is 4.90 Å². The SMILES string of the molecule is N#Cc1ccc(CC(c2cnc[nH]2)N2CCN(c3cccc(Br)c3)C(=O)C2)cc1. The Morgan fingerprint density at radius 3 is 2.69 bits per heavy atom. The number of carbonyl (C=O) groups is 1. The van der Waals surface area contributed by atoms with Crippen molar-refractivity contribution >= 4 is 27.5 Å². The van der Waals surface area contributed by atoms with Gasteiger partial charge in [-0.1, -0.05) is 34.1 Å². The molecule has 1 unspecified atom stereocenters. The molecule has 1 N–H and O–H groups in total. The van der Waals surface area contributed by atoms with Gasteiger partial charge in [-0.25, -0.2) is 4.98 Å². The van der Waals surface area contributed by atoms with Crippen LogP contribution in [0.5, 0.6) is 0 Å². The zero-order chi connectivity index (χ0) is 20.2. The minimum atomic E-state index is 0.0130. The normalized spacial score (nSPS) is 15.9. The number of piperazine rings is 1. The standard InChI is InChI=1S/C22H20BrN5O/c23-18-2-1-3-19(11-18)28-9-8-27(14-22(28)29)21(20-13-25-15-26-20)10-16-4-6-17(12-24)7-5-16/h1-7,11,13,15,21H,8-10,14H2,(H,25,26). The zero-order valence-corrected chi connectivity index (χ0v) is 17.3. The third-order valence-electron chi connectivity index (χ3n) is 5.20. The van der Waals surface area contributed by atoms with Gasteiger partial charge < -0.3 is 9.88 Å². The van der Waals surface area contributed by atoms with E-state index in [2.05, 4.69) is 36.9 Å². The number of hydrogen-bond donors (Lipinski definition) is 1. The molecule has 3 aromatic rings. The van der Waals surface area contributed by atoms with Gasteiger partial charge in [-0.2, -0.15) is 5.26 Å². The molecule has 0 saturated carbocycles. The van der Waals surface area contributed by atoms with E-state index in [0.717, 1.165) is 34.4 Å². The van der Waals surface area contributed by atoms with E-state index in [4.69, 9.17) is 5.26 Å². The van der Waals surface area contributed by atoms with Gasteiger partial charge in [0, 0.05) is 29.4 Å². The highest BCUT2D eigenvalue weighted by Gasteiger charge is 2.31. The molecule has 0 aliphatic carbocycles. The van der Waals surface area contributed by atoms with Gasteiger partial charge in [0.2, 0.25) is 5.91 Å². The van der Waals surface area contributed by atoms with Crippen molar-refractivity contribution in [3.63, 3.8) is 0 Å². The van der Waals surface area contributed by atoms with Crippen LogP contribution in [-0.2, 0) is 11.2 Å². The number of aromatic nitrogens is 2. The lowest BCUT2D eigenvalue weighted by Gasteiger charge is -2.38. The smallest absolute Gasteiger partial charge is 0.241 e. The second kappa shape index (κ2) is 8.60. The average Bonchev–Trinajstić information content (AvgIpc) is 3.27. The van der Waals surface area contributed by atoms with Crippen molar-refractivity contribution in [2.24, 2.45) is 0 Å². The van der Waals surface area contributed by atoms with Gasteiger partial charge in [-0.15, -0.1) is 0 Å². The van der Waals surface area contributed by atoms with Crippen molar-refractivity contribution in [3.8, 4) is 6.07 Å². The maximum absolute atomic E-state index is 12.9. The van der Waals surface area contributed by atoms with Crippen LogP contribution in [0.25, 0.3) is 0 Å². The first-order valence-electron chi connectivity index (χ1n) is 9.41. The lowest BCUT2D eigenvalue weighted by molar-refractivity contribution is -0.122. The molecule has 0 radical (unpaired) electrons. The molecule has 0 bridgehead atoms. The third kappa shape index (κ3) is 4.39. The number of benzene rings is 2. The number of H-pyrrole nitrogens is 1. The van der Waals surface area contributed by atoms with Crippen molar-refractivity contribution in [2.75, 3.05) is 24.5 Å². The Morgan fingerprint density at radius 1 is 1.21 bits per heavy atom. The van der Waals surface area contributed by atoms with Gasteiger partial charge in [0.1, 0.15) is 0 Å². The van der Waals surface area contributed by atoms with Crippen LogP contribution in [-0.4, -0.2) is 40.4 Å². The second-order valence-corrected chi connectivity index (χ2v) is 7.95. The van der Waals surface area contributed by atoms with Gasteiger partial charge >= 0.3 is 0 Å². The summed E-state index contributed by atoms with van der Waals surface area (Å²) in [7, 11) is 0. The Bertz CT molecular complexity index is 1030. The topological polar surface area (TPSA) is 76.0 Å². The number of rotatable bonds is 5. The predicted molar refractivity (Wildman–Crippen MR) is 114 cm³/mol. The number of nitrogens with one attached hydrogen (secondary N) is 1. The Kier molecular flexibility index (Phi) is 5.74. The molecule has 4 rings (SSSR count). The first-order valence-corrected chi connectivity index (χ1v) is 10.2. The Morgan fingerprint density at radius 2 is 2.03 bits per heavy atom. The summed E-state index contributed by atoms with van der Waals surface area (Å²) in [5.74, 6) is 0.0821. The highest BCUT2D eigenvalue weighted by atomic mass is 79.9. The fourth-order valence-corrected chi connectivity index (χ4v) is 4.08. The summed E-state index contributed by atoms with van der Waals surface area (Å²) >= 11 is 3.48. The highest BCUT2D eigenvalue weighted by molar-refractivity contribution is 9.10. The van der Waals surface area contributed by atoms with E-state index >= 15 is 0 Å². The first-order chi connectivity index (χ1) is 14.1. The second-order valence-electron chi connectivity index (χ2n) is 7.03. The van der Waals surface area contributed by atoms with E-state index in [1.807, 2.05) is 59.6 Å². The molecule has 146 valence electrons. The molecule has 1 saturated heterocycles. The molecule has 1 aliphatic rings. The van der Waals surface area contributed by atoms with Crippen LogP contribution in [0.4, 0.5) is 5.69 Å². The van der Waals surface area contributed by atoms with E-state index in [1.54, 1.807) is 6.33 Å². The Hall–Kier alpha value is -2.95. The first kappa shape index (κ1) is 19.4. The summed E-state index contributed by atoms with van der Waals surface area (Å²) in [6, 6.07) is 17.6. The summed E-state index contributed by atoms with van der Waals surface area (Å²) in [6.45, 7) is 1.73. The Labute approximate surface area is 177 Å². The van der Waals surface area contributed by atoms with Crippen molar-refractivity contribution in [2.45, 2.75) is 12.5 Å². The van der Waals surface area contributed by atoms with Gasteiger partial charge in [0.25, 0.3) is 0 Å². The number of anilines is 1. The monoisotopic (exact) mass is 449 g/mol. The van der Waals surface area contributed by atoms with Crippen molar-refractivity contribution < 1.29 is 4.79 Å². The quantitative estimate of drug-likeness (QED) is 0.644. The number of nitrogens with zero attached hydrogens (tertiary/aromatic N) is 4. The van der Waals surface area contributed by atoms with E-state index < -0.39 is 0 Å². The summed E-state index contributed by atoms with van der Waals surface area (Å²) in [5.41, 5.74) is 3.65. The zero-order valence-electron chi connectivity index (χ0n) is 15.8. The number of carbonyl (C=O) groups excluding carboxylic acids is 1. The van der Waals surface area contributed by atoms with Gasteiger partial charge in [-0.3, -0.25) is 9.69 Å². The van der Waals surface area contributed by atoms with E-state index in [9.17, 15) is 4.79 Å². The molecule has 2 aromatic carbocycles. The lowest BCUT2D eigenvalue weighted by atomic mass is 10.00. The Balaban J connectivity index is 1.53. The third-order valence-corrected chi connectivity index (χ3v) is 5.69. The average molecular weight is 450 g/mol. The molecular formula is C22H20BrN5O. The number of halogens is 1. The van der Waals surface area contributed by atoms with Gasteiger partial charge in [0.15, 0.2) is 0 Å². The summed E-state index contributed by atoms with van der Waals surface area (Å²) in [4.78, 5) is 24.3. The summed E-state index contributed by atoms with van der Waals surface area (Å²) in [5, 5.41) is 9.01. The van der Waals surface area contributed by atoms with Crippen LogP contribution in [0, 0.1) is 11.3 Å². The van der Waals surface area contributed by atoms with Crippen LogP contribution in [0.3, 0.4) is 0 Å². The molecule has 2 heterocycles. The summed E-state index contributed by atoms with van der Waals surface area (Å²) in [6.07, 6.45) is 4.22. The number of nitriles is 1. The van der Waals surface area contributed by atoms with E-state index in [1.165, 1.54) is 0 Å². The maximum Gasteiger partial charge on any atom is 0.241 e. The lowest BCUT2D eigenvalue weighted by Crippen LogP contribution is -2.51. The van der Waals surface area contributed by atoms with Crippen LogP contribution in [0.15, 0.2) is 65.5 Å². The number of hydrogen-bond acceptors (Lipinski definition) is 4. The number of amides is 1. The molecule has 6 nitrogen and oxygen atoms in total.